The van der Waals surface area contributed by atoms with Crippen LogP contribution in [0.3, 0.4) is 0 Å². The minimum absolute atomic E-state index is 0.119. The summed E-state index contributed by atoms with van der Waals surface area (Å²) in [5.41, 5.74) is 3.62. The summed E-state index contributed by atoms with van der Waals surface area (Å²) in [5, 5.41) is 10.8. The van der Waals surface area contributed by atoms with Gasteiger partial charge in [-0.3, -0.25) is 13.8 Å². The predicted octanol–water partition coefficient (Wildman–Crippen LogP) is 6.29. The van der Waals surface area contributed by atoms with Crippen LogP contribution in [0.25, 0.3) is 27.0 Å². The number of nitriles is 1. The number of nitrogens with zero attached hydrogens (tertiary/aromatic N) is 3. The van der Waals surface area contributed by atoms with Gasteiger partial charge in [-0.2, -0.15) is 5.26 Å². The Bertz CT molecular complexity index is 1620. The lowest BCUT2D eigenvalue weighted by Gasteiger charge is -2.14. The molecule has 31 heavy (non-hydrogen) atoms. The Balaban J connectivity index is 1.91. The Morgan fingerprint density at radius 1 is 1.00 bits per heavy atom. The molecule has 0 saturated carbocycles. The van der Waals surface area contributed by atoms with Crippen molar-refractivity contribution in [3.05, 3.63) is 103 Å². The van der Waals surface area contributed by atoms with E-state index in [4.69, 9.17) is 23.8 Å². The molecule has 0 spiro atoms. The molecule has 0 fully saturated rings. The van der Waals surface area contributed by atoms with Gasteiger partial charge in [0.2, 0.25) is 0 Å². The summed E-state index contributed by atoms with van der Waals surface area (Å²) >= 11 is 13.3. The van der Waals surface area contributed by atoms with Gasteiger partial charge in [0.25, 0.3) is 5.56 Å². The molecule has 2 heterocycles. The van der Waals surface area contributed by atoms with E-state index in [1.807, 2.05) is 71.1 Å². The van der Waals surface area contributed by atoms with Gasteiger partial charge in [0, 0.05) is 5.02 Å². The summed E-state index contributed by atoms with van der Waals surface area (Å²) in [5.74, 6) is 0. The highest BCUT2D eigenvalue weighted by molar-refractivity contribution is 7.73. The molecule has 5 rings (SSSR count). The Morgan fingerprint density at radius 3 is 2.48 bits per heavy atom. The lowest BCUT2D eigenvalue weighted by Crippen LogP contribution is -2.24. The molecule has 4 nitrogen and oxygen atoms in total. The van der Waals surface area contributed by atoms with Gasteiger partial charge in [0.1, 0.15) is 5.65 Å². The Morgan fingerprint density at radius 2 is 1.71 bits per heavy atom. The van der Waals surface area contributed by atoms with Crippen LogP contribution >= 0.6 is 35.2 Å². The van der Waals surface area contributed by atoms with Gasteiger partial charge in [-0.15, -0.1) is 11.3 Å². The van der Waals surface area contributed by atoms with Crippen LogP contribution in [0, 0.1) is 15.3 Å². The first-order chi connectivity index (χ1) is 15.1. The molecule has 0 aliphatic heterocycles. The van der Waals surface area contributed by atoms with E-state index in [-0.39, 0.29) is 12.1 Å². The molecule has 150 valence electrons. The van der Waals surface area contributed by atoms with Crippen molar-refractivity contribution in [1.29, 1.82) is 5.26 Å². The molecule has 3 aromatic carbocycles. The topological polar surface area (TPSA) is 50.2 Å². The summed E-state index contributed by atoms with van der Waals surface area (Å²) < 4.78 is 4.32. The summed E-state index contributed by atoms with van der Waals surface area (Å²) in [6.45, 7) is 0.267. The summed E-state index contributed by atoms with van der Waals surface area (Å²) in [6, 6.07) is 24.5. The summed E-state index contributed by atoms with van der Waals surface area (Å²) in [6.07, 6.45) is 0. The van der Waals surface area contributed by atoms with Crippen molar-refractivity contribution in [3.8, 4) is 16.5 Å². The third-order valence-electron chi connectivity index (χ3n) is 5.24. The molecular weight excluding hydrogens is 446 g/mol. The van der Waals surface area contributed by atoms with Gasteiger partial charge in [-0.1, -0.05) is 54.1 Å². The maximum Gasteiger partial charge on any atom is 0.261 e. The highest BCUT2D eigenvalue weighted by atomic mass is 35.5. The average Bonchev–Trinajstić information content (AvgIpc) is 3.14. The normalized spacial score (nSPS) is 11.1. The minimum atomic E-state index is -0.119. The number of hydrogen-bond acceptors (Lipinski definition) is 4. The van der Waals surface area contributed by atoms with Crippen LogP contribution in [0.15, 0.2) is 77.6 Å². The third kappa shape index (κ3) is 3.28. The molecule has 5 aromatic rings. The number of halogens is 1. The van der Waals surface area contributed by atoms with E-state index in [1.165, 1.54) is 11.3 Å². The molecule has 0 aliphatic carbocycles. The second-order valence-electron chi connectivity index (χ2n) is 7.04. The van der Waals surface area contributed by atoms with E-state index in [1.54, 1.807) is 10.6 Å². The zero-order chi connectivity index (χ0) is 21.5. The SMILES string of the molecule is N#Cc1ccccc1Cn1c(=O)c2ccccc2n2c(=S)sc(-c3ccc(Cl)cc3)c12. The van der Waals surface area contributed by atoms with Crippen molar-refractivity contribution in [1.82, 2.24) is 8.97 Å². The number of fused-ring (bicyclic) bond motifs is 3. The van der Waals surface area contributed by atoms with Gasteiger partial charge < -0.3 is 0 Å². The summed E-state index contributed by atoms with van der Waals surface area (Å²) in [4.78, 5) is 14.5. The molecule has 7 heteroatoms. The van der Waals surface area contributed by atoms with E-state index in [0.717, 1.165) is 21.5 Å². The first-order valence-corrected chi connectivity index (χ1v) is 11.1. The fraction of sp³-hybridized carbons (Fsp3) is 0.0417. The van der Waals surface area contributed by atoms with Crippen LogP contribution in [0.2, 0.25) is 5.02 Å². The summed E-state index contributed by atoms with van der Waals surface area (Å²) in [7, 11) is 0. The Labute approximate surface area is 191 Å². The van der Waals surface area contributed by atoms with E-state index in [0.29, 0.717) is 25.6 Å². The van der Waals surface area contributed by atoms with Crippen molar-refractivity contribution in [2.75, 3.05) is 0 Å². The van der Waals surface area contributed by atoms with E-state index < -0.39 is 0 Å². The van der Waals surface area contributed by atoms with E-state index in [2.05, 4.69) is 6.07 Å². The fourth-order valence-corrected chi connectivity index (χ4v) is 5.35. The highest BCUT2D eigenvalue weighted by Crippen LogP contribution is 2.34. The van der Waals surface area contributed by atoms with Crippen molar-refractivity contribution < 1.29 is 0 Å². The smallest absolute Gasteiger partial charge is 0.261 e. The Hall–Kier alpha value is -3.24. The second-order valence-corrected chi connectivity index (χ2v) is 9.12. The van der Waals surface area contributed by atoms with Gasteiger partial charge >= 0.3 is 0 Å². The Kier molecular flexibility index (Phi) is 4.95. The number of para-hydroxylation sites is 1. The number of thiazole rings is 1. The van der Waals surface area contributed by atoms with Gasteiger partial charge in [-0.05, 0) is 53.7 Å². The number of benzene rings is 3. The number of hydrogen-bond donors (Lipinski definition) is 0. The quantitative estimate of drug-likeness (QED) is 0.298. The molecule has 0 aliphatic rings. The van der Waals surface area contributed by atoms with E-state index in [9.17, 15) is 10.1 Å². The van der Waals surface area contributed by atoms with Crippen LogP contribution in [0.5, 0.6) is 0 Å². The molecule has 0 unspecified atom stereocenters. The minimum Gasteiger partial charge on any atom is -0.288 e. The molecule has 0 atom stereocenters. The van der Waals surface area contributed by atoms with Crippen molar-refractivity contribution in [2.45, 2.75) is 6.54 Å². The van der Waals surface area contributed by atoms with Gasteiger partial charge in [0.15, 0.2) is 3.95 Å². The monoisotopic (exact) mass is 459 g/mol. The van der Waals surface area contributed by atoms with Crippen molar-refractivity contribution >= 4 is 51.7 Å². The fourth-order valence-electron chi connectivity index (χ4n) is 3.79. The average molecular weight is 460 g/mol. The van der Waals surface area contributed by atoms with E-state index >= 15 is 0 Å². The van der Waals surface area contributed by atoms with Crippen molar-refractivity contribution in [3.63, 3.8) is 0 Å². The zero-order valence-electron chi connectivity index (χ0n) is 16.1. The lowest BCUT2D eigenvalue weighted by atomic mass is 10.1. The standard InChI is InChI=1S/C24H14ClN3OS2/c25-18-11-9-15(10-12-18)21-22-27(14-17-6-2-1-5-16(17)13-26)23(29)19-7-3-4-8-20(19)28(22)24(30)31-21/h1-12H,14H2. The molecule has 2 aromatic heterocycles. The van der Waals surface area contributed by atoms with Gasteiger partial charge in [0.05, 0.1) is 34.0 Å². The molecule has 0 amide bonds. The molecule has 0 bridgehead atoms. The third-order valence-corrected chi connectivity index (χ3v) is 6.90. The molecule has 0 radical (unpaired) electrons. The highest BCUT2D eigenvalue weighted by Gasteiger charge is 2.19. The van der Waals surface area contributed by atoms with Crippen LogP contribution in [0.1, 0.15) is 11.1 Å². The van der Waals surface area contributed by atoms with Crippen molar-refractivity contribution in [2.24, 2.45) is 0 Å². The second kappa shape index (κ2) is 7.78. The first-order valence-electron chi connectivity index (χ1n) is 9.49. The molecular formula is C24H14ClN3OS2. The number of rotatable bonds is 3. The maximum absolute atomic E-state index is 13.6. The zero-order valence-corrected chi connectivity index (χ0v) is 18.5. The van der Waals surface area contributed by atoms with Gasteiger partial charge in [-0.25, -0.2) is 0 Å². The van der Waals surface area contributed by atoms with Crippen LogP contribution in [-0.2, 0) is 6.54 Å². The van der Waals surface area contributed by atoms with Crippen LogP contribution < -0.4 is 5.56 Å². The maximum atomic E-state index is 13.6. The van der Waals surface area contributed by atoms with Crippen LogP contribution in [0.4, 0.5) is 0 Å². The largest absolute Gasteiger partial charge is 0.288 e. The first kappa shape index (κ1) is 19.7. The lowest BCUT2D eigenvalue weighted by molar-refractivity contribution is 0.779. The number of aromatic nitrogens is 2. The van der Waals surface area contributed by atoms with Crippen LogP contribution in [-0.4, -0.2) is 8.97 Å². The molecule has 0 saturated heterocycles. The predicted molar refractivity (Wildman–Crippen MR) is 129 cm³/mol. The molecule has 0 N–H and O–H groups in total.